The monoisotopic (exact) mass is 251 g/mol. The SMILES string of the molecule is CC1CCCC(c2nc(C(C)C)c(C(=O)O)o2)C1. The van der Waals surface area contributed by atoms with Crippen molar-refractivity contribution >= 4 is 5.97 Å². The Balaban J connectivity index is 2.28. The first-order chi connectivity index (χ1) is 8.49. The molecule has 1 aliphatic carbocycles. The van der Waals surface area contributed by atoms with Crippen LogP contribution >= 0.6 is 0 Å². The lowest BCUT2D eigenvalue weighted by molar-refractivity contribution is 0.0656. The highest BCUT2D eigenvalue weighted by molar-refractivity contribution is 5.85. The third kappa shape index (κ3) is 2.57. The predicted molar refractivity (Wildman–Crippen MR) is 67.9 cm³/mol. The molecule has 2 atom stereocenters. The van der Waals surface area contributed by atoms with Crippen LogP contribution in [0.4, 0.5) is 0 Å². The summed E-state index contributed by atoms with van der Waals surface area (Å²) in [4.78, 5) is 15.6. The second-order valence-electron chi connectivity index (χ2n) is 5.70. The number of oxazole rings is 1. The second-order valence-corrected chi connectivity index (χ2v) is 5.70. The minimum absolute atomic E-state index is 0.0261. The number of carboxylic acid groups (broad SMARTS) is 1. The van der Waals surface area contributed by atoms with Gasteiger partial charge >= 0.3 is 5.97 Å². The average Bonchev–Trinajstić information content (AvgIpc) is 2.73. The van der Waals surface area contributed by atoms with Gasteiger partial charge in [-0.3, -0.25) is 0 Å². The number of nitrogens with zero attached hydrogens (tertiary/aromatic N) is 1. The summed E-state index contributed by atoms with van der Waals surface area (Å²) in [5.74, 6) is 0.683. The summed E-state index contributed by atoms with van der Waals surface area (Å²) < 4.78 is 5.51. The molecule has 0 bridgehead atoms. The Kier molecular flexibility index (Phi) is 3.73. The fourth-order valence-electron chi connectivity index (χ4n) is 2.73. The van der Waals surface area contributed by atoms with E-state index in [0.717, 1.165) is 12.8 Å². The van der Waals surface area contributed by atoms with Crippen molar-refractivity contribution in [2.45, 2.75) is 58.3 Å². The number of aromatic nitrogens is 1. The summed E-state index contributed by atoms with van der Waals surface area (Å²) in [6.07, 6.45) is 4.53. The Morgan fingerprint density at radius 3 is 2.67 bits per heavy atom. The number of carbonyl (C=O) groups is 1. The first-order valence-corrected chi connectivity index (χ1v) is 6.73. The van der Waals surface area contributed by atoms with Gasteiger partial charge in [0.15, 0.2) is 5.89 Å². The summed E-state index contributed by atoms with van der Waals surface area (Å²) in [5, 5.41) is 9.14. The molecule has 1 heterocycles. The van der Waals surface area contributed by atoms with E-state index in [0.29, 0.717) is 23.4 Å². The molecule has 18 heavy (non-hydrogen) atoms. The molecule has 0 spiro atoms. The van der Waals surface area contributed by atoms with Crippen LogP contribution in [-0.2, 0) is 0 Å². The van der Waals surface area contributed by atoms with Gasteiger partial charge in [0, 0.05) is 5.92 Å². The van der Waals surface area contributed by atoms with E-state index in [1.54, 1.807) is 0 Å². The first-order valence-electron chi connectivity index (χ1n) is 6.73. The van der Waals surface area contributed by atoms with E-state index in [1.165, 1.54) is 12.8 Å². The van der Waals surface area contributed by atoms with Crippen LogP contribution in [0.25, 0.3) is 0 Å². The molecule has 1 aromatic heterocycles. The topological polar surface area (TPSA) is 63.3 Å². The molecular weight excluding hydrogens is 230 g/mol. The normalized spacial score (nSPS) is 24.4. The third-order valence-corrected chi connectivity index (χ3v) is 3.70. The van der Waals surface area contributed by atoms with E-state index in [-0.39, 0.29) is 11.7 Å². The Morgan fingerprint density at radius 2 is 2.17 bits per heavy atom. The Morgan fingerprint density at radius 1 is 1.44 bits per heavy atom. The van der Waals surface area contributed by atoms with Gasteiger partial charge in [0.2, 0.25) is 5.76 Å². The van der Waals surface area contributed by atoms with Crippen LogP contribution in [0.1, 0.15) is 80.4 Å². The molecule has 4 heteroatoms. The zero-order chi connectivity index (χ0) is 13.3. The summed E-state index contributed by atoms with van der Waals surface area (Å²) in [6.45, 7) is 6.12. The van der Waals surface area contributed by atoms with Crippen molar-refractivity contribution in [3.05, 3.63) is 17.3 Å². The standard InChI is InChI=1S/C14H21NO3/c1-8(2)11-12(14(16)17)18-13(15-11)10-6-4-5-9(3)7-10/h8-10H,4-7H2,1-3H3,(H,16,17). The molecule has 2 rings (SSSR count). The predicted octanol–water partition coefficient (Wildman–Crippen LogP) is 3.79. The number of hydrogen-bond acceptors (Lipinski definition) is 3. The van der Waals surface area contributed by atoms with E-state index in [9.17, 15) is 4.79 Å². The first kappa shape index (κ1) is 13.1. The second kappa shape index (κ2) is 5.12. The Labute approximate surface area is 107 Å². The third-order valence-electron chi connectivity index (χ3n) is 3.70. The zero-order valence-corrected chi connectivity index (χ0v) is 11.3. The van der Waals surface area contributed by atoms with Gasteiger partial charge in [0.25, 0.3) is 0 Å². The summed E-state index contributed by atoms with van der Waals surface area (Å²) in [6, 6.07) is 0. The van der Waals surface area contributed by atoms with E-state index < -0.39 is 5.97 Å². The van der Waals surface area contributed by atoms with Crippen LogP contribution in [0.3, 0.4) is 0 Å². The highest BCUT2D eigenvalue weighted by Crippen LogP contribution is 2.36. The lowest BCUT2D eigenvalue weighted by atomic mass is 9.82. The Hall–Kier alpha value is -1.32. The highest BCUT2D eigenvalue weighted by Gasteiger charge is 2.28. The van der Waals surface area contributed by atoms with Crippen molar-refractivity contribution in [1.82, 2.24) is 4.98 Å². The number of carboxylic acids is 1. The van der Waals surface area contributed by atoms with Crippen molar-refractivity contribution in [2.24, 2.45) is 5.92 Å². The van der Waals surface area contributed by atoms with E-state index in [1.807, 2.05) is 13.8 Å². The van der Waals surface area contributed by atoms with E-state index in [4.69, 9.17) is 9.52 Å². The number of hydrogen-bond donors (Lipinski definition) is 1. The van der Waals surface area contributed by atoms with Gasteiger partial charge in [0.1, 0.15) is 0 Å². The maximum absolute atomic E-state index is 11.2. The van der Waals surface area contributed by atoms with Gasteiger partial charge < -0.3 is 9.52 Å². The number of rotatable bonds is 3. The zero-order valence-electron chi connectivity index (χ0n) is 11.3. The molecule has 1 aliphatic rings. The molecule has 1 fully saturated rings. The molecule has 2 unspecified atom stereocenters. The fraction of sp³-hybridized carbons (Fsp3) is 0.714. The Bertz CT molecular complexity index is 436. The van der Waals surface area contributed by atoms with Gasteiger partial charge in [-0.1, -0.05) is 33.6 Å². The van der Waals surface area contributed by atoms with Crippen LogP contribution in [0.2, 0.25) is 0 Å². The van der Waals surface area contributed by atoms with Gasteiger partial charge in [-0.05, 0) is 24.7 Å². The summed E-state index contributed by atoms with van der Waals surface area (Å²) in [5.41, 5.74) is 0.579. The van der Waals surface area contributed by atoms with Crippen LogP contribution in [-0.4, -0.2) is 16.1 Å². The number of aromatic carboxylic acids is 1. The van der Waals surface area contributed by atoms with Crippen LogP contribution < -0.4 is 0 Å². The van der Waals surface area contributed by atoms with Crippen molar-refractivity contribution in [2.75, 3.05) is 0 Å². The maximum atomic E-state index is 11.2. The van der Waals surface area contributed by atoms with Crippen LogP contribution in [0.15, 0.2) is 4.42 Å². The molecule has 0 saturated heterocycles. The maximum Gasteiger partial charge on any atom is 0.373 e. The largest absolute Gasteiger partial charge is 0.475 e. The molecule has 1 N–H and O–H groups in total. The molecule has 0 amide bonds. The van der Waals surface area contributed by atoms with Gasteiger partial charge in [-0.15, -0.1) is 0 Å². The van der Waals surface area contributed by atoms with Crippen molar-refractivity contribution in [3.8, 4) is 0 Å². The molecule has 1 saturated carbocycles. The van der Waals surface area contributed by atoms with Gasteiger partial charge in [-0.25, -0.2) is 9.78 Å². The van der Waals surface area contributed by atoms with Gasteiger partial charge in [0.05, 0.1) is 5.69 Å². The van der Waals surface area contributed by atoms with Gasteiger partial charge in [-0.2, -0.15) is 0 Å². The summed E-state index contributed by atoms with van der Waals surface area (Å²) in [7, 11) is 0. The lowest BCUT2D eigenvalue weighted by Crippen LogP contribution is -2.12. The molecule has 0 radical (unpaired) electrons. The smallest absolute Gasteiger partial charge is 0.373 e. The lowest BCUT2D eigenvalue weighted by Gasteiger charge is -2.24. The minimum atomic E-state index is -1.01. The van der Waals surface area contributed by atoms with E-state index >= 15 is 0 Å². The van der Waals surface area contributed by atoms with Crippen molar-refractivity contribution in [3.63, 3.8) is 0 Å². The quantitative estimate of drug-likeness (QED) is 0.887. The molecular formula is C14H21NO3. The highest BCUT2D eigenvalue weighted by atomic mass is 16.4. The van der Waals surface area contributed by atoms with Crippen LogP contribution in [0, 0.1) is 5.92 Å². The molecule has 1 aromatic rings. The average molecular weight is 251 g/mol. The molecule has 0 aromatic carbocycles. The van der Waals surface area contributed by atoms with Crippen LogP contribution in [0.5, 0.6) is 0 Å². The molecule has 0 aliphatic heterocycles. The summed E-state index contributed by atoms with van der Waals surface area (Å²) >= 11 is 0. The minimum Gasteiger partial charge on any atom is -0.475 e. The van der Waals surface area contributed by atoms with E-state index in [2.05, 4.69) is 11.9 Å². The molecule has 4 nitrogen and oxygen atoms in total. The molecule has 100 valence electrons. The van der Waals surface area contributed by atoms with Crippen molar-refractivity contribution < 1.29 is 14.3 Å². The fourth-order valence-corrected chi connectivity index (χ4v) is 2.73. The van der Waals surface area contributed by atoms with Crippen molar-refractivity contribution in [1.29, 1.82) is 0 Å².